The Labute approximate surface area is 182 Å². The van der Waals surface area contributed by atoms with E-state index in [1.54, 1.807) is 52.3 Å². The van der Waals surface area contributed by atoms with Gasteiger partial charge < -0.3 is 19.4 Å². The number of aromatic amines is 1. The number of likely N-dealkylation sites (tertiary alicyclic amines) is 1. The minimum Gasteiger partial charge on any atom is -0.465 e. The molecule has 1 aliphatic rings. The summed E-state index contributed by atoms with van der Waals surface area (Å²) in [4.78, 5) is 29.5. The van der Waals surface area contributed by atoms with Gasteiger partial charge in [0, 0.05) is 48.5 Å². The van der Waals surface area contributed by atoms with Gasteiger partial charge in [-0.2, -0.15) is 10.4 Å². The minimum absolute atomic E-state index is 0.101. The fourth-order valence-electron chi connectivity index (χ4n) is 3.99. The number of hydrogen-bond acceptors (Lipinski definition) is 6. The number of rotatable bonds is 4. The van der Waals surface area contributed by atoms with Gasteiger partial charge in [0.25, 0.3) is 5.91 Å². The van der Waals surface area contributed by atoms with Crippen molar-refractivity contribution in [2.45, 2.75) is 6.92 Å². The number of carbonyl (C=O) groups is 2. The summed E-state index contributed by atoms with van der Waals surface area (Å²) < 4.78 is 12.6. The molecule has 160 valence electrons. The first-order valence-electron chi connectivity index (χ1n) is 10.0. The lowest BCUT2D eigenvalue weighted by molar-refractivity contribution is 0.0574. The van der Waals surface area contributed by atoms with Crippen LogP contribution in [0.25, 0.3) is 16.4 Å². The number of carbonyl (C=O) groups excluding carboxylic acids is 2. The summed E-state index contributed by atoms with van der Waals surface area (Å²) in [5.74, 6) is 0.487. The van der Waals surface area contributed by atoms with Crippen LogP contribution in [-0.2, 0) is 4.74 Å². The van der Waals surface area contributed by atoms with Crippen LogP contribution < -0.4 is 4.74 Å². The van der Waals surface area contributed by atoms with Gasteiger partial charge in [0.1, 0.15) is 11.3 Å². The molecule has 9 nitrogen and oxygen atoms in total. The van der Waals surface area contributed by atoms with E-state index in [1.807, 2.05) is 6.92 Å². The summed E-state index contributed by atoms with van der Waals surface area (Å²) in [6, 6.07) is 9.28. The Hall–Kier alpha value is -4.32. The Morgan fingerprint density at radius 1 is 1.25 bits per heavy atom. The van der Waals surface area contributed by atoms with Gasteiger partial charge in [0.2, 0.25) is 0 Å². The van der Waals surface area contributed by atoms with Gasteiger partial charge >= 0.3 is 5.97 Å². The van der Waals surface area contributed by atoms with E-state index in [2.05, 4.69) is 16.2 Å². The fourth-order valence-corrected chi connectivity index (χ4v) is 3.99. The zero-order chi connectivity index (χ0) is 22.4. The molecular weight excluding hydrogens is 410 g/mol. The van der Waals surface area contributed by atoms with Crippen LogP contribution >= 0.6 is 0 Å². The number of H-pyrrole nitrogens is 1. The molecule has 1 fully saturated rings. The van der Waals surface area contributed by atoms with Crippen molar-refractivity contribution >= 4 is 28.3 Å². The molecule has 0 radical (unpaired) electrons. The van der Waals surface area contributed by atoms with E-state index in [1.165, 1.54) is 7.11 Å². The quantitative estimate of drug-likeness (QED) is 0.498. The number of amides is 1. The molecule has 0 unspecified atom stereocenters. The lowest BCUT2D eigenvalue weighted by Gasteiger charge is -2.35. The SMILES string of the molecule is COC(=O)c1c[nH]c2cc(Oc3ccnn4cc(C(=O)N5CC(C#N)C5)c(C)c34)ccc12. The van der Waals surface area contributed by atoms with E-state index in [4.69, 9.17) is 14.7 Å². The molecule has 1 N–H and O–H groups in total. The Balaban J connectivity index is 1.47. The van der Waals surface area contributed by atoms with Gasteiger partial charge in [0.05, 0.1) is 36.4 Å². The number of nitriles is 1. The smallest absolute Gasteiger partial charge is 0.340 e. The topological polar surface area (TPSA) is 113 Å². The summed E-state index contributed by atoms with van der Waals surface area (Å²) in [7, 11) is 1.34. The van der Waals surface area contributed by atoms with Crippen molar-refractivity contribution in [1.29, 1.82) is 5.26 Å². The fraction of sp³-hybridized carbons (Fsp3) is 0.217. The molecule has 1 saturated heterocycles. The van der Waals surface area contributed by atoms with E-state index in [0.29, 0.717) is 41.2 Å². The van der Waals surface area contributed by atoms with E-state index < -0.39 is 5.97 Å². The summed E-state index contributed by atoms with van der Waals surface area (Å²) in [6.45, 7) is 2.75. The second kappa shape index (κ2) is 7.42. The summed E-state index contributed by atoms with van der Waals surface area (Å²) >= 11 is 0. The van der Waals surface area contributed by atoms with Crippen LogP contribution in [-0.4, -0.2) is 51.6 Å². The molecule has 1 amide bonds. The number of hydrogen-bond donors (Lipinski definition) is 1. The van der Waals surface area contributed by atoms with Crippen molar-refractivity contribution in [3.63, 3.8) is 0 Å². The predicted molar refractivity (Wildman–Crippen MR) is 115 cm³/mol. The highest BCUT2D eigenvalue weighted by molar-refractivity contribution is 6.04. The number of benzene rings is 1. The maximum Gasteiger partial charge on any atom is 0.340 e. The summed E-state index contributed by atoms with van der Waals surface area (Å²) in [5.41, 5.74) is 3.17. The molecule has 1 aromatic carbocycles. The van der Waals surface area contributed by atoms with Crippen LogP contribution in [0.5, 0.6) is 11.5 Å². The zero-order valence-electron chi connectivity index (χ0n) is 17.5. The number of esters is 1. The lowest BCUT2D eigenvalue weighted by atomic mass is 10.0. The highest BCUT2D eigenvalue weighted by Crippen LogP contribution is 2.33. The third kappa shape index (κ3) is 3.04. The number of fused-ring (bicyclic) bond motifs is 2. The Morgan fingerprint density at radius 3 is 2.81 bits per heavy atom. The second-order valence-electron chi connectivity index (χ2n) is 7.70. The van der Waals surface area contributed by atoms with E-state index in [9.17, 15) is 9.59 Å². The summed E-state index contributed by atoms with van der Waals surface area (Å²) in [5, 5.41) is 14.0. The minimum atomic E-state index is -0.412. The van der Waals surface area contributed by atoms with Crippen molar-refractivity contribution < 1.29 is 19.1 Å². The van der Waals surface area contributed by atoms with Gasteiger partial charge in [-0.3, -0.25) is 4.79 Å². The number of methoxy groups -OCH3 is 1. The van der Waals surface area contributed by atoms with Crippen molar-refractivity contribution in [2.75, 3.05) is 20.2 Å². The molecule has 9 heteroatoms. The third-order valence-corrected chi connectivity index (χ3v) is 5.76. The molecule has 32 heavy (non-hydrogen) atoms. The van der Waals surface area contributed by atoms with E-state index in [-0.39, 0.29) is 11.8 Å². The molecule has 4 aromatic rings. The Morgan fingerprint density at radius 2 is 2.06 bits per heavy atom. The monoisotopic (exact) mass is 429 g/mol. The molecule has 0 atom stereocenters. The largest absolute Gasteiger partial charge is 0.465 e. The molecular formula is C23H19N5O4. The summed E-state index contributed by atoms with van der Waals surface area (Å²) in [6.07, 6.45) is 4.90. The number of nitrogens with one attached hydrogen (secondary N) is 1. The highest BCUT2D eigenvalue weighted by atomic mass is 16.5. The van der Waals surface area contributed by atoms with E-state index >= 15 is 0 Å². The van der Waals surface area contributed by atoms with Crippen LogP contribution in [0.3, 0.4) is 0 Å². The number of aromatic nitrogens is 3. The van der Waals surface area contributed by atoms with Crippen molar-refractivity contribution in [2.24, 2.45) is 5.92 Å². The zero-order valence-corrected chi connectivity index (χ0v) is 17.5. The first kappa shape index (κ1) is 19.6. The normalized spacial score (nSPS) is 13.7. The maximum absolute atomic E-state index is 12.9. The van der Waals surface area contributed by atoms with Gasteiger partial charge in [-0.15, -0.1) is 0 Å². The Kier molecular flexibility index (Phi) is 4.56. The average molecular weight is 429 g/mol. The van der Waals surface area contributed by atoms with Gasteiger partial charge in [0.15, 0.2) is 5.75 Å². The van der Waals surface area contributed by atoms with Crippen molar-refractivity contribution in [3.05, 3.63) is 59.5 Å². The molecule has 1 aliphatic heterocycles. The maximum atomic E-state index is 12.9. The molecule has 4 heterocycles. The van der Waals surface area contributed by atoms with Crippen molar-refractivity contribution in [3.8, 4) is 17.6 Å². The van der Waals surface area contributed by atoms with Crippen LogP contribution in [0.15, 0.2) is 42.9 Å². The molecule has 0 bridgehead atoms. The predicted octanol–water partition coefficient (Wildman–Crippen LogP) is 3.30. The highest BCUT2D eigenvalue weighted by Gasteiger charge is 2.33. The van der Waals surface area contributed by atoms with Gasteiger partial charge in [-0.05, 0) is 24.6 Å². The average Bonchev–Trinajstić information content (AvgIpc) is 3.34. The first-order valence-corrected chi connectivity index (χ1v) is 10.0. The molecule has 0 saturated carbocycles. The van der Waals surface area contributed by atoms with Gasteiger partial charge in [-0.1, -0.05) is 0 Å². The van der Waals surface area contributed by atoms with Crippen LogP contribution in [0.2, 0.25) is 0 Å². The lowest BCUT2D eigenvalue weighted by Crippen LogP contribution is -2.49. The second-order valence-corrected chi connectivity index (χ2v) is 7.70. The molecule has 5 rings (SSSR count). The van der Waals surface area contributed by atoms with Crippen molar-refractivity contribution in [1.82, 2.24) is 19.5 Å². The Bertz CT molecular complexity index is 1420. The number of nitrogens with zero attached hydrogens (tertiary/aromatic N) is 4. The third-order valence-electron chi connectivity index (χ3n) is 5.76. The first-order chi connectivity index (χ1) is 15.5. The number of ether oxygens (including phenoxy) is 2. The molecule has 3 aromatic heterocycles. The van der Waals surface area contributed by atoms with Gasteiger partial charge in [-0.25, -0.2) is 9.31 Å². The van der Waals surface area contributed by atoms with E-state index in [0.717, 1.165) is 16.5 Å². The van der Waals surface area contributed by atoms with Crippen LogP contribution in [0.1, 0.15) is 26.3 Å². The molecule has 0 spiro atoms. The van der Waals surface area contributed by atoms with Crippen LogP contribution in [0, 0.1) is 24.2 Å². The standard InChI is InChI=1S/C23H19N5O4/c1-13-18(22(29)27-10-14(8-24)11-27)12-28-21(13)20(5-6-26-28)32-15-3-4-16-17(23(30)31-2)9-25-19(16)7-15/h3-7,9,12,14,25H,10-11H2,1-2H3. The number of aryl methyl sites for hydroxylation is 1. The van der Waals surface area contributed by atoms with Crippen LogP contribution in [0.4, 0.5) is 0 Å². The molecule has 0 aliphatic carbocycles.